The van der Waals surface area contributed by atoms with Crippen LogP contribution >= 0.6 is 0 Å². The van der Waals surface area contributed by atoms with Gasteiger partial charge in [-0.1, -0.05) is 6.07 Å². The quantitative estimate of drug-likeness (QED) is 0.820. The monoisotopic (exact) mass is 254 g/mol. The molecule has 0 aliphatic rings. The highest BCUT2D eigenvalue weighted by atomic mass is 16.5. The number of anilines is 1. The Hall–Kier alpha value is -3.00. The van der Waals surface area contributed by atoms with E-state index in [9.17, 15) is 4.79 Å². The first-order valence-electron chi connectivity index (χ1n) is 5.41. The summed E-state index contributed by atoms with van der Waals surface area (Å²) in [7, 11) is 0. The van der Waals surface area contributed by atoms with E-state index in [1.165, 1.54) is 18.2 Å². The molecule has 2 aromatic carbocycles. The molecule has 0 saturated carbocycles. The maximum atomic E-state index is 10.8. The Labute approximate surface area is 109 Å². The Morgan fingerprint density at radius 3 is 2.58 bits per heavy atom. The van der Waals surface area contributed by atoms with Gasteiger partial charge in [0.05, 0.1) is 17.2 Å². The van der Waals surface area contributed by atoms with Crippen LogP contribution in [-0.2, 0) is 0 Å². The Morgan fingerprint density at radius 2 is 1.95 bits per heavy atom. The lowest BCUT2D eigenvalue weighted by molar-refractivity contribution is 0.0698. The smallest absolute Gasteiger partial charge is 0.337 e. The van der Waals surface area contributed by atoms with Gasteiger partial charge in [0.2, 0.25) is 0 Å². The zero-order valence-corrected chi connectivity index (χ0v) is 9.83. The molecule has 0 amide bonds. The molecular formula is C14H10N2O3. The second-order valence-corrected chi connectivity index (χ2v) is 3.80. The van der Waals surface area contributed by atoms with Gasteiger partial charge in [-0.3, -0.25) is 0 Å². The highest BCUT2D eigenvalue weighted by Crippen LogP contribution is 2.25. The lowest BCUT2D eigenvalue weighted by atomic mass is 10.2. The first-order chi connectivity index (χ1) is 9.10. The molecule has 2 rings (SSSR count). The van der Waals surface area contributed by atoms with Crippen molar-refractivity contribution in [3.8, 4) is 17.6 Å². The van der Waals surface area contributed by atoms with Gasteiger partial charge < -0.3 is 15.6 Å². The molecule has 0 aromatic heterocycles. The normalized spacial score (nSPS) is 9.63. The van der Waals surface area contributed by atoms with Crippen molar-refractivity contribution in [2.45, 2.75) is 0 Å². The fourth-order valence-corrected chi connectivity index (χ4v) is 1.56. The molecule has 0 spiro atoms. The summed E-state index contributed by atoms with van der Waals surface area (Å²) in [6, 6.07) is 13.0. The Morgan fingerprint density at radius 1 is 1.21 bits per heavy atom. The Balaban J connectivity index is 2.26. The summed E-state index contributed by atoms with van der Waals surface area (Å²) in [5, 5.41) is 17.6. The zero-order chi connectivity index (χ0) is 13.8. The van der Waals surface area contributed by atoms with Crippen LogP contribution in [0.5, 0.6) is 11.5 Å². The predicted molar refractivity (Wildman–Crippen MR) is 69.0 cm³/mol. The van der Waals surface area contributed by atoms with Crippen molar-refractivity contribution in [2.24, 2.45) is 0 Å². The number of nitrogen functional groups attached to an aromatic ring is 1. The molecule has 94 valence electrons. The summed E-state index contributed by atoms with van der Waals surface area (Å²) < 4.78 is 5.51. The molecule has 3 N–H and O–H groups in total. The van der Waals surface area contributed by atoms with Gasteiger partial charge in [0.25, 0.3) is 0 Å². The minimum Gasteiger partial charge on any atom is -0.478 e. The fraction of sp³-hybridized carbons (Fsp3) is 0. The lowest BCUT2D eigenvalue weighted by Gasteiger charge is -2.08. The van der Waals surface area contributed by atoms with Crippen LogP contribution in [0.15, 0.2) is 42.5 Å². The van der Waals surface area contributed by atoms with E-state index in [0.29, 0.717) is 17.1 Å². The zero-order valence-electron chi connectivity index (χ0n) is 9.83. The molecule has 5 heteroatoms. The van der Waals surface area contributed by atoms with Crippen LogP contribution in [0.4, 0.5) is 5.69 Å². The highest BCUT2D eigenvalue weighted by molar-refractivity contribution is 5.93. The van der Waals surface area contributed by atoms with E-state index in [0.717, 1.165) is 0 Å². The van der Waals surface area contributed by atoms with Crippen LogP contribution in [0.1, 0.15) is 15.9 Å². The number of hydrogen-bond donors (Lipinski definition) is 2. The Bertz CT molecular complexity index is 675. The Kier molecular flexibility index (Phi) is 3.35. The van der Waals surface area contributed by atoms with Gasteiger partial charge in [-0.25, -0.2) is 4.79 Å². The van der Waals surface area contributed by atoms with E-state index in [1.54, 1.807) is 24.3 Å². The molecule has 0 bridgehead atoms. The van der Waals surface area contributed by atoms with Gasteiger partial charge in [0.15, 0.2) is 0 Å². The van der Waals surface area contributed by atoms with E-state index in [-0.39, 0.29) is 11.3 Å². The molecule has 0 fully saturated rings. The number of carboxylic acids is 1. The number of benzene rings is 2. The second-order valence-electron chi connectivity index (χ2n) is 3.80. The maximum absolute atomic E-state index is 10.8. The average Bonchev–Trinajstić information content (AvgIpc) is 2.38. The topological polar surface area (TPSA) is 96.3 Å². The van der Waals surface area contributed by atoms with Gasteiger partial charge in [0.1, 0.15) is 11.5 Å². The van der Waals surface area contributed by atoms with Crippen LogP contribution in [0.3, 0.4) is 0 Å². The molecule has 5 nitrogen and oxygen atoms in total. The number of rotatable bonds is 3. The first-order valence-corrected chi connectivity index (χ1v) is 5.41. The summed E-state index contributed by atoms with van der Waals surface area (Å²) in [5.74, 6) is -0.186. The number of hydrogen-bond acceptors (Lipinski definition) is 4. The van der Waals surface area contributed by atoms with Crippen LogP contribution in [-0.4, -0.2) is 11.1 Å². The van der Waals surface area contributed by atoms with Gasteiger partial charge >= 0.3 is 5.97 Å². The summed E-state index contributed by atoms with van der Waals surface area (Å²) in [6.07, 6.45) is 0. The molecule has 0 aliphatic carbocycles. The SMILES string of the molecule is N#Cc1cccc(Oc2ccc(C(=O)O)c(N)c2)c1. The standard InChI is InChI=1S/C14H10N2O3/c15-8-9-2-1-3-10(6-9)19-11-4-5-12(14(17)18)13(16)7-11/h1-7H,16H2,(H,17,18). The van der Waals surface area contributed by atoms with Crippen LogP contribution in [0.25, 0.3) is 0 Å². The number of aromatic carboxylic acids is 1. The van der Waals surface area contributed by atoms with Crippen molar-refractivity contribution in [1.82, 2.24) is 0 Å². The maximum Gasteiger partial charge on any atom is 0.337 e. The van der Waals surface area contributed by atoms with E-state index in [4.69, 9.17) is 20.8 Å². The number of carboxylic acid groups (broad SMARTS) is 1. The van der Waals surface area contributed by atoms with E-state index >= 15 is 0 Å². The molecule has 0 atom stereocenters. The first kappa shape index (κ1) is 12.5. The molecule has 19 heavy (non-hydrogen) atoms. The molecule has 0 heterocycles. The molecular weight excluding hydrogens is 244 g/mol. The van der Waals surface area contributed by atoms with Crippen molar-refractivity contribution >= 4 is 11.7 Å². The third-order valence-corrected chi connectivity index (χ3v) is 2.45. The summed E-state index contributed by atoms with van der Waals surface area (Å²) in [4.78, 5) is 10.8. The third-order valence-electron chi connectivity index (χ3n) is 2.45. The van der Waals surface area contributed by atoms with Crippen molar-refractivity contribution < 1.29 is 14.6 Å². The number of nitrogens with zero attached hydrogens (tertiary/aromatic N) is 1. The van der Waals surface area contributed by atoms with Crippen LogP contribution in [0.2, 0.25) is 0 Å². The molecule has 2 aromatic rings. The van der Waals surface area contributed by atoms with E-state index < -0.39 is 5.97 Å². The van der Waals surface area contributed by atoms with Crippen LogP contribution in [0, 0.1) is 11.3 Å². The van der Waals surface area contributed by atoms with Crippen molar-refractivity contribution in [2.75, 3.05) is 5.73 Å². The number of nitrogens with two attached hydrogens (primary N) is 1. The number of ether oxygens (including phenoxy) is 1. The van der Waals surface area contributed by atoms with E-state index in [1.807, 2.05) is 6.07 Å². The third kappa shape index (κ3) is 2.82. The molecule has 0 radical (unpaired) electrons. The summed E-state index contributed by atoms with van der Waals surface area (Å²) in [6.45, 7) is 0. The van der Waals surface area contributed by atoms with E-state index in [2.05, 4.69) is 0 Å². The average molecular weight is 254 g/mol. The molecule has 0 aliphatic heterocycles. The fourth-order valence-electron chi connectivity index (χ4n) is 1.56. The highest BCUT2D eigenvalue weighted by Gasteiger charge is 2.09. The van der Waals surface area contributed by atoms with Gasteiger partial charge in [-0.2, -0.15) is 5.26 Å². The summed E-state index contributed by atoms with van der Waals surface area (Å²) in [5.41, 5.74) is 6.25. The van der Waals surface area contributed by atoms with Gasteiger partial charge in [0, 0.05) is 11.8 Å². The minimum atomic E-state index is -1.09. The largest absolute Gasteiger partial charge is 0.478 e. The number of carbonyl (C=O) groups is 1. The van der Waals surface area contributed by atoms with Gasteiger partial charge in [-0.15, -0.1) is 0 Å². The molecule has 0 unspecified atom stereocenters. The van der Waals surface area contributed by atoms with Crippen LogP contribution < -0.4 is 10.5 Å². The number of nitriles is 1. The van der Waals surface area contributed by atoms with Crippen molar-refractivity contribution in [3.63, 3.8) is 0 Å². The van der Waals surface area contributed by atoms with Crippen molar-refractivity contribution in [1.29, 1.82) is 5.26 Å². The summed E-state index contributed by atoms with van der Waals surface area (Å²) >= 11 is 0. The lowest BCUT2D eigenvalue weighted by Crippen LogP contribution is -2.02. The molecule has 0 saturated heterocycles. The minimum absolute atomic E-state index is 0.0260. The predicted octanol–water partition coefficient (Wildman–Crippen LogP) is 2.63. The van der Waals surface area contributed by atoms with Gasteiger partial charge in [-0.05, 0) is 30.3 Å². The second kappa shape index (κ2) is 5.10. The van der Waals surface area contributed by atoms with Crippen molar-refractivity contribution in [3.05, 3.63) is 53.6 Å².